The van der Waals surface area contributed by atoms with Crippen molar-refractivity contribution in [3.8, 4) is 11.8 Å². The van der Waals surface area contributed by atoms with Crippen LogP contribution >= 0.6 is 0 Å². The lowest BCUT2D eigenvalue weighted by molar-refractivity contribution is -0.167. The zero-order chi connectivity index (χ0) is 27.8. The van der Waals surface area contributed by atoms with Gasteiger partial charge in [-0.1, -0.05) is 59.4 Å². The first kappa shape index (κ1) is 30.3. The summed E-state index contributed by atoms with van der Waals surface area (Å²) in [5, 5.41) is 33.5. The van der Waals surface area contributed by atoms with Crippen molar-refractivity contribution in [2.75, 3.05) is 19.8 Å². The van der Waals surface area contributed by atoms with Crippen LogP contribution in [0.5, 0.6) is 0 Å². The van der Waals surface area contributed by atoms with Gasteiger partial charge in [-0.05, 0) is 89.2 Å². The van der Waals surface area contributed by atoms with Crippen LogP contribution < -0.4 is 0 Å². The topological polar surface area (TPSA) is 87.0 Å². The van der Waals surface area contributed by atoms with Crippen LogP contribution in [0.4, 0.5) is 0 Å². The summed E-state index contributed by atoms with van der Waals surface area (Å²) >= 11 is 0. The SMILES string of the molecule is C=C1C=CC=C(C2CCC3(C(CCCO)C(=C(C)C=O)CCC3(C)O)C2O)COCC#CCC(C)=CCC1. The number of rotatable bonds is 5. The second kappa shape index (κ2) is 13.7. The van der Waals surface area contributed by atoms with Crippen LogP contribution in [0, 0.1) is 29.1 Å². The predicted molar refractivity (Wildman–Crippen MR) is 152 cm³/mol. The van der Waals surface area contributed by atoms with E-state index in [1.54, 1.807) is 0 Å². The summed E-state index contributed by atoms with van der Waals surface area (Å²) in [6, 6.07) is 0. The minimum Gasteiger partial charge on any atom is -0.396 e. The normalized spacial score (nSPS) is 34.5. The van der Waals surface area contributed by atoms with Gasteiger partial charge in [-0.25, -0.2) is 0 Å². The first-order valence-electron chi connectivity index (χ1n) is 14.1. The molecule has 0 amide bonds. The molecule has 0 aromatic carbocycles. The number of aliphatic hydroxyl groups excluding tert-OH is 2. The Hall–Kier alpha value is -2.23. The Kier molecular flexibility index (Phi) is 10.9. The van der Waals surface area contributed by atoms with E-state index in [0.29, 0.717) is 57.3 Å². The van der Waals surface area contributed by atoms with E-state index in [1.165, 1.54) is 5.57 Å². The maximum absolute atomic E-state index is 12.1. The van der Waals surface area contributed by atoms with Gasteiger partial charge in [0.05, 0.1) is 18.3 Å². The average Bonchev–Trinajstić information content (AvgIpc) is 3.22. The van der Waals surface area contributed by atoms with Crippen LogP contribution in [-0.4, -0.2) is 53.1 Å². The number of hydrogen-bond donors (Lipinski definition) is 3. The highest BCUT2D eigenvalue weighted by Crippen LogP contribution is 2.62. The Bertz CT molecular complexity index is 1050. The third-order valence-electron chi connectivity index (χ3n) is 9.05. The van der Waals surface area contributed by atoms with Gasteiger partial charge >= 0.3 is 0 Å². The Morgan fingerprint density at radius 3 is 2.82 bits per heavy atom. The maximum Gasteiger partial charge on any atom is 0.145 e. The van der Waals surface area contributed by atoms with E-state index in [1.807, 2.05) is 32.1 Å². The van der Waals surface area contributed by atoms with Gasteiger partial charge in [0.15, 0.2) is 0 Å². The molecule has 5 unspecified atom stereocenters. The van der Waals surface area contributed by atoms with Gasteiger partial charge in [0.25, 0.3) is 0 Å². The van der Waals surface area contributed by atoms with Crippen LogP contribution in [0.1, 0.15) is 78.6 Å². The van der Waals surface area contributed by atoms with Crippen molar-refractivity contribution >= 4 is 6.29 Å². The zero-order valence-corrected chi connectivity index (χ0v) is 23.5. The summed E-state index contributed by atoms with van der Waals surface area (Å²) in [6.45, 7) is 10.6. The molecule has 0 aromatic heterocycles. The highest BCUT2D eigenvalue weighted by atomic mass is 16.5. The van der Waals surface area contributed by atoms with E-state index in [4.69, 9.17) is 4.74 Å². The fraction of sp³-hybridized carbons (Fsp3) is 0.606. The zero-order valence-electron chi connectivity index (χ0n) is 23.5. The molecule has 5 nitrogen and oxygen atoms in total. The van der Waals surface area contributed by atoms with Crippen LogP contribution in [0.25, 0.3) is 0 Å². The smallest absolute Gasteiger partial charge is 0.145 e. The third-order valence-corrected chi connectivity index (χ3v) is 9.05. The van der Waals surface area contributed by atoms with Crippen molar-refractivity contribution in [1.82, 2.24) is 0 Å². The lowest BCUT2D eigenvalue weighted by Gasteiger charge is -2.55. The van der Waals surface area contributed by atoms with Gasteiger partial charge in [-0.15, -0.1) is 0 Å². The van der Waals surface area contributed by atoms with Crippen LogP contribution in [0.15, 0.2) is 58.7 Å². The minimum atomic E-state index is -1.10. The summed E-state index contributed by atoms with van der Waals surface area (Å²) in [5.41, 5.74) is 3.05. The Morgan fingerprint density at radius 2 is 2.08 bits per heavy atom. The van der Waals surface area contributed by atoms with Gasteiger partial charge in [0, 0.05) is 24.4 Å². The summed E-state index contributed by atoms with van der Waals surface area (Å²) in [6.07, 6.45) is 14.5. The summed E-state index contributed by atoms with van der Waals surface area (Å²) in [4.78, 5) is 11.8. The van der Waals surface area contributed by atoms with E-state index < -0.39 is 17.1 Å². The maximum atomic E-state index is 12.1. The lowest BCUT2D eigenvalue weighted by atomic mass is 9.52. The molecule has 5 atom stereocenters. The van der Waals surface area contributed by atoms with Crippen LogP contribution in [-0.2, 0) is 9.53 Å². The molecule has 0 aromatic rings. The Morgan fingerprint density at radius 1 is 1.29 bits per heavy atom. The van der Waals surface area contributed by atoms with Gasteiger partial charge < -0.3 is 20.1 Å². The Labute approximate surface area is 229 Å². The van der Waals surface area contributed by atoms with Crippen molar-refractivity contribution in [2.24, 2.45) is 17.3 Å². The fourth-order valence-electron chi connectivity index (χ4n) is 6.88. The monoisotopic (exact) mass is 522 g/mol. The molecule has 1 aliphatic heterocycles. The average molecular weight is 523 g/mol. The number of allylic oxidation sites excluding steroid dienone is 8. The second-order valence-corrected chi connectivity index (χ2v) is 11.5. The number of aldehydes is 1. The molecule has 1 spiro atoms. The first-order valence-corrected chi connectivity index (χ1v) is 14.1. The van der Waals surface area contributed by atoms with Crippen molar-refractivity contribution in [1.29, 1.82) is 0 Å². The van der Waals surface area contributed by atoms with E-state index in [2.05, 4.69) is 31.4 Å². The second-order valence-electron chi connectivity index (χ2n) is 11.5. The summed E-state index contributed by atoms with van der Waals surface area (Å²) < 4.78 is 5.96. The molecule has 0 bridgehead atoms. The largest absolute Gasteiger partial charge is 0.396 e. The van der Waals surface area contributed by atoms with Crippen molar-refractivity contribution in [3.63, 3.8) is 0 Å². The molecule has 2 fully saturated rings. The third kappa shape index (κ3) is 6.66. The number of hydrogen-bond acceptors (Lipinski definition) is 5. The molecule has 1 heterocycles. The van der Waals surface area contributed by atoms with E-state index >= 15 is 0 Å². The van der Waals surface area contributed by atoms with Crippen molar-refractivity contribution < 1.29 is 24.9 Å². The van der Waals surface area contributed by atoms with Gasteiger partial charge in [-0.3, -0.25) is 4.79 Å². The highest BCUT2D eigenvalue weighted by molar-refractivity contribution is 5.74. The van der Waals surface area contributed by atoms with Crippen LogP contribution in [0.3, 0.4) is 0 Å². The fourth-order valence-corrected chi connectivity index (χ4v) is 6.88. The molecule has 0 radical (unpaired) electrons. The van der Waals surface area contributed by atoms with Gasteiger partial charge in [-0.2, -0.15) is 0 Å². The van der Waals surface area contributed by atoms with Gasteiger partial charge in [0.2, 0.25) is 0 Å². The lowest BCUT2D eigenvalue weighted by Crippen LogP contribution is -2.59. The van der Waals surface area contributed by atoms with Gasteiger partial charge in [0.1, 0.15) is 12.9 Å². The predicted octanol–water partition coefficient (Wildman–Crippen LogP) is 5.38. The molecule has 38 heavy (non-hydrogen) atoms. The number of aliphatic hydroxyl groups is 3. The number of ether oxygens (including phenoxy) is 1. The highest BCUT2D eigenvalue weighted by Gasteiger charge is 2.63. The minimum absolute atomic E-state index is 0.0332. The van der Waals surface area contributed by atoms with Crippen LogP contribution in [0.2, 0.25) is 0 Å². The molecule has 5 heteroatoms. The molecule has 2 aliphatic carbocycles. The van der Waals surface area contributed by atoms with E-state index in [0.717, 1.165) is 42.3 Å². The summed E-state index contributed by atoms with van der Waals surface area (Å²) in [7, 11) is 0. The molecule has 2 saturated carbocycles. The molecule has 0 saturated heterocycles. The summed E-state index contributed by atoms with van der Waals surface area (Å²) in [5.74, 6) is 5.90. The first-order chi connectivity index (χ1) is 18.2. The molecular weight excluding hydrogens is 476 g/mol. The molecular formula is C33H46O5. The number of carbonyl (C=O) groups is 1. The molecule has 3 aliphatic rings. The van der Waals surface area contributed by atoms with Crippen molar-refractivity contribution in [2.45, 2.75) is 90.3 Å². The molecule has 3 N–H and O–H groups in total. The van der Waals surface area contributed by atoms with E-state index in [-0.39, 0.29) is 18.4 Å². The Balaban J connectivity index is 1.96. The van der Waals surface area contributed by atoms with Crippen molar-refractivity contribution in [3.05, 3.63) is 58.7 Å². The molecule has 3 rings (SSSR count). The quantitative estimate of drug-likeness (QED) is 0.195. The van der Waals surface area contributed by atoms with E-state index in [9.17, 15) is 20.1 Å². The molecule has 208 valence electrons. The standard InChI is InChI=1S/C33H46O5/c1-24-10-5-6-21-38-23-27(14-8-13-25(2)12-7-11-24)29-17-19-33(31(29)36)30(15-9-20-34)28(26(3)22-35)16-18-32(33,4)37/h8,11,13-14,22,29-31,34,36-37H,2,7,9-10,12,15-21,23H2,1,3-4H3. The number of carbonyl (C=O) groups excluding carboxylic acids is 1.